The number of nitrogens with zero attached hydrogens (tertiary/aromatic N) is 1. The van der Waals surface area contributed by atoms with Gasteiger partial charge in [0, 0.05) is 27.4 Å². The largest absolute Gasteiger partial charge is 0.462 e. The van der Waals surface area contributed by atoms with E-state index in [2.05, 4.69) is 0 Å². The van der Waals surface area contributed by atoms with Crippen LogP contribution in [0.3, 0.4) is 0 Å². The van der Waals surface area contributed by atoms with E-state index in [0.29, 0.717) is 0 Å². The molecule has 0 aromatic carbocycles. The molecule has 0 aliphatic carbocycles. The second-order valence-corrected chi connectivity index (χ2v) is 3.47. The normalized spacial score (nSPS) is 13.2. The minimum Gasteiger partial charge on any atom is -0.462 e. The van der Waals surface area contributed by atoms with Gasteiger partial charge in [0.15, 0.2) is 5.78 Å². The second kappa shape index (κ2) is 7.00. The van der Waals surface area contributed by atoms with E-state index in [1.807, 2.05) is 0 Å². The average molecular weight is 229 g/mol. The number of carbonyl (C=O) groups excluding carboxylic acids is 2. The third kappa shape index (κ3) is 4.44. The lowest BCUT2D eigenvalue weighted by atomic mass is 10.1. The maximum Gasteiger partial charge on any atom is 0.343 e. The van der Waals surface area contributed by atoms with Crippen LogP contribution in [0.15, 0.2) is 11.8 Å². The molecule has 0 radical (unpaired) electrons. The van der Waals surface area contributed by atoms with Crippen molar-refractivity contribution < 1.29 is 19.1 Å². The van der Waals surface area contributed by atoms with Gasteiger partial charge in [-0.15, -0.1) is 0 Å². The Hall–Kier alpha value is -1.36. The Morgan fingerprint density at radius 3 is 2.31 bits per heavy atom. The predicted molar refractivity (Wildman–Crippen MR) is 59.9 cm³/mol. The summed E-state index contributed by atoms with van der Waals surface area (Å²) in [5.74, 6) is -1.00. The summed E-state index contributed by atoms with van der Waals surface area (Å²) in [7, 11) is 4.87. The molecular weight excluding hydrogens is 210 g/mol. The summed E-state index contributed by atoms with van der Waals surface area (Å²) < 4.78 is 9.70. The highest BCUT2D eigenvalue weighted by Gasteiger charge is 2.24. The zero-order valence-electron chi connectivity index (χ0n) is 10.4. The van der Waals surface area contributed by atoms with E-state index >= 15 is 0 Å². The number of hydrogen-bond donors (Lipinski definition) is 0. The summed E-state index contributed by atoms with van der Waals surface area (Å²) in [6.07, 6.45) is 0.783. The van der Waals surface area contributed by atoms with Gasteiger partial charge in [-0.1, -0.05) is 0 Å². The molecule has 0 aromatic heterocycles. The fraction of sp³-hybridized carbons (Fsp3) is 0.636. The van der Waals surface area contributed by atoms with Crippen LogP contribution in [-0.2, 0) is 19.1 Å². The Bertz CT molecular complexity index is 284. The summed E-state index contributed by atoms with van der Waals surface area (Å²) in [4.78, 5) is 25.0. The second-order valence-electron chi connectivity index (χ2n) is 3.47. The number of rotatable bonds is 6. The van der Waals surface area contributed by atoms with Crippen LogP contribution in [0.4, 0.5) is 0 Å². The fourth-order valence-corrected chi connectivity index (χ4v) is 1.01. The summed E-state index contributed by atoms with van der Waals surface area (Å²) in [5.41, 5.74) is 0.00111. The van der Waals surface area contributed by atoms with Gasteiger partial charge in [-0.25, -0.2) is 4.79 Å². The van der Waals surface area contributed by atoms with Gasteiger partial charge >= 0.3 is 5.97 Å². The molecule has 0 aliphatic rings. The average Bonchev–Trinajstić information content (AvgIpc) is 2.23. The third-order valence-electron chi connectivity index (χ3n) is 1.87. The van der Waals surface area contributed by atoms with Crippen LogP contribution in [0.5, 0.6) is 0 Å². The molecule has 0 saturated carbocycles. The van der Waals surface area contributed by atoms with E-state index in [4.69, 9.17) is 9.47 Å². The van der Waals surface area contributed by atoms with E-state index in [0.717, 1.165) is 0 Å². The van der Waals surface area contributed by atoms with Crippen LogP contribution >= 0.6 is 0 Å². The van der Waals surface area contributed by atoms with Crippen LogP contribution in [0, 0.1) is 0 Å². The molecule has 16 heavy (non-hydrogen) atoms. The quantitative estimate of drug-likeness (QED) is 0.289. The van der Waals surface area contributed by atoms with Crippen LogP contribution in [0.1, 0.15) is 13.8 Å². The Morgan fingerprint density at radius 1 is 1.38 bits per heavy atom. The van der Waals surface area contributed by atoms with Crippen LogP contribution in [0.25, 0.3) is 0 Å². The van der Waals surface area contributed by atoms with Crippen molar-refractivity contribution in [2.45, 2.75) is 20.0 Å². The van der Waals surface area contributed by atoms with Gasteiger partial charge in [0.25, 0.3) is 0 Å². The monoisotopic (exact) mass is 229 g/mol. The van der Waals surface area contributed by atoms with Gasteiger partial charge in [-0.05, 0) is 13.8 Å². The number of Topliss-reactive ketones (excluding diaryl/α,β-unsaturated/α-hetero) is 1. The van der Waals surface area contributed by atoms with E-state index < -0.39 is 12.1 Å². The molecule has 92 valence electrons. The molecule has 0 N–H and O–H groups in total. The molecule has 5 heteroatoms. The first kappa shape index (κ1) is 14.6. The number of methoxy groups -OCH3 is 1. The summed E-state index contributed by atoms with van der Waals surface area (Å²) in [6.45, 7) is 3.51. The molecule has 0 aliphatic heterocycles. The fourth-order valence-electron chi connectivity index (χ4n) is 1.01. The number of carbonyl (C=O) groups is 2. The van der Waals surface area contributed by atoms with Gasteiger partial charge in [0.2, 0.25) is 0 Å². The molecule has 1 atom stereocenters. The maximum atomic E-state index is 11.8. The van der Waals surface area contributed by atoms with Gasteiger partial charge in [0.1, 0.15) is 11.7 Å². The highest BCUT2D eigenvalue weighted by Crippen LogP contribution is 2.06. The zero-order valence-corrected chi connectivity index (χ0v) is 10.4. The zero-order chi connectivity index (χ0) is 12.7. The molecule has 0 saturated heterocycles. The number of ether oxygens (including phenoxy) is 2. The number of hydrogen-bond acceptors (Lipinski definition) is 5. The van der Waals surface area contributed by atoms with Crippen LogP contribution < -0.4 is 0 Å². The van der Waals surface area contributed by atoms with Gasteiger partial charge in [-0.2, -0.15) is 0 Å². The van der Waals surface area contributed by atoms with Gasteiger partial charge < -0.3 is 14.4 Å². The minimum atomic E-state index is -0.657. The summed E-state index contributed by atoms with van der Waals surface area (Å²) >= 11 is 0. The van der Waals surface area contributed by atoms with Crippen molar-refractivity contribution in [1.29, 1.82) is 0 Å². The Balaban J connectivity index is 4.95. The van der Waals surface area contributed by atoms with Crippen molar-refractivity contribution >= 4 is 11.8 Å². The molecule has 5 nitrogen and oxygen atoms in total. The van der Waals surface area contributed by atoms with Crippen LogP contribution in [-0.4, -0.2) is 50.6 Å². The smallest absolute Gasteiger partial charge is 0.343 e. The lowest BCUT2D eigenvalue weighted by Crippen LogP contribution is -2.27. The van der Waals surface area contributed by atoms with Gasteiger partial charge in [-0.3, -0.25) is 4.79 Å². The van der Waals surface area contributed by atoms with Crippen LogP contribution in [0.2, 0.25) is 0 Å². The molecule has 0 heterocycles. The Kier molecular flexibility index (Phi) is 6.41. The number of ketones is 1. The van der Waals surface area contributed by atoms with E-state index in [9.17, 15) is 9.59 Å². The minimum absolute atomic E-state index is 0.00111. The van der Waals surface area contributed by atoms with Crippen molar-refractivity contribution in [2.75, 3.05) is 27.8 Å². The first-order valence-corrected chi connectivity index (χ1v) is 5.06. The SMILES string of the molecule is CCOC(=O)C(=CN(C)C)C(=O)C(C)OC. The van der Waals surface area contributed by atoms with Crippen molar-refractivity contribution in [2.24, 2.45) is 0 Å². The van der Waals surface area contributed by atoms with Crippen molar-refractivity contribution in [1.82, 2.24) is 4.90 Å². The predicted octanol–water partition coefficient (Wildman–Crippen LogP) is 0.599. The lowest BCUT2D eigenvalue weighted by Gasteiger charge is -2.13. The first-order valence-electron chi connectivity index (χ1n) is 5.06. The van der Waals surface area contributed by atoms with E-state index in [-0.39, 0.29) is 18.0 Å². The molecular formula is C11H19NO4. The lowest BCUT2D eigenvalue weighted by molar-refractivity contribution is -0.141. The standard InChI is InChI=1S/C11H19NO4/c1-6-16-11(14)9(7-12(3)4)10(13)8(2)15-5/h7-8H,6H2,1-5H3. The summed E-state index contributed by atoms with van der Waals surface area (Å²) in [5, 5.41) is 0. The summed E-state index contributed by atoms with van der Waals surface area (Å²) in [6, 6.07) is 0. The molecule has 0 bridgehead atoms. The Morgan fingerprint density at radius 2 is 1.94 bits per heavy atom. The molecule has 0 fully saturated rings. The molecule has 0 spiro atoms. The van der Waals surface area contributed by atoms with Crippen molar-refractivity contribution in [3.63, 3.8) is 0 Å². The maximum absolute atomic E-state index is 11.8. The van der Waals surface area contributed by atoms with E-state index in [1.54, 1.807) is 32.8 Å². The molecule has 0 aromatic rings. The molecule has 0 rings (SSSR count). The molecule has 0 amide bonds. The number of esters is 1. The van der Waals surface area contributed by atoms with Crippen molar-refractivity contribution in [3.05, 3.63) is 11.8 Å². The van der Waals surface area contributed by atoms with Gasteiger partial charge in [0.05, 0.1) is 6.61 Å². The Labute approximate surface area is 96.0 Å². The highest BCUT2D eigenvalue weighted by molar-refractivity contribution is 6.18. The topological polar surface area (TPSA) is 55.8 Å². The highest BCUT2D eigenvalue weighted by atomic mass is 16.5. The van der Waals surface area contributed by atoms with Crippen molar-refractivity contribution in [3.8, 4) is 0 Å². The van der Waals surface area contributed by atoms with E-state index in [1.165, 1.54) is 13.3 Å². The first-order chi connectivity index (χ1) is 7.43. The third-order valence-corrected chi connectivity index (χ3v) is 1.87. The molecule has 1 unspecified atom stereocenters.